The summed E-state index contributed by atoms with van der Waals surface area (Å²) in [4.78, 5) is 5.16. The average Bonchev–Trinajstić information content (AvgIpc) is 2.62. The van der Waals surface area contributed by atoms with Gasteiger partial charge in [-0.2, -0.15) is 0 Å². The summed E-state index contributed by atoms with van der Waals surface area (Å²) < 4.78 is 0. The lowest BCUT2D eigenvalue weighted by atomic mass is 10.2. The molecule has 0 aromatic rings. The second-order valence-corrected chi connectivity index (χ2v) is 5.09. The van der Waals surface area contributed by atoms with Crippen LogP contribution < -0.4 is 5.32 Å². The van der Waals surface area contributed by atoms with E-state index < -0.39 is 0 Å². The molecule has 0 radical (unpaired) electrons. The molecule has 2 rings (SSSR count). The van der Waals surface area contributed by atoms with Gasteiger partial charge in [-0.1, -0.05) is 13.8 Å². The van der Waals surface area contributed by atoms with E-state index in [-0.39, 0.29) is 0 Å². The molecule has 0 aromatic heterocycles. The number of fused-ring (bicyclic) bond motifs is 2. The van der Waals surface area contributed by atoms with Crippen LogP contribution in [0.4, 0.5) is 0 Å². The Morgan fingerprint density at radius 3 is 2.57 bits per heavy atom. The summed E-state index contributed by atoms with van der Waals surface area (Å²) in [6.07, 6.45) is 1.40. The maximum atomic E-state index is 3.49. The Hall–Kier alpha value is -0.120. The lowest BCUT2D eigenvalue weighted by molar-refractivity contribution is 0.149. The molecule has 3 nitrogen and oxygen atoms in total. The first-order valence-corrected chi connectivity index (χ1v) is 5.84. The first-order chi connectivity index (χ1) is 6.66. The van der Waals surface area contributed by atoms with Crippen molar-refractivity contribution in [3.63, 3.8) is 0 Å². The Balaban J connectivity index is 1.69. The van der Waals surface area contributed by atoms with Crippen molar-refractivity contribution in [1.29, 1.82) is 0 Å². The molecule has 2 atom stereocenters. The van der Waals surface area contributed by atoms with Gasteiger partial charge in [0.1, 0.15) is 0 Å². The molecule has 2 fully saturated rings. The minimum atomic E-state index is 0.623. The zero-order chi connectivity index (χ0) is 10.1. The molecule has 82 valence electrons. The van der Waals surface area contributed by atoms with E-state index in [9.17, 15) is 0 Å². The molecular formula is C11H23N3. The van der Waals surface area contributed by atoms with Crippen LogP contribution in [0.5, 0.6) is 0 Å². The van der Waals surface area contributed by atoms with Crippen LogP contribution in [0, 0.1) is 0 Å². The Morgan fingerprint density at radius 2 is 2.07 bits per heavy atom. The number of nitrogens with one attached hydrogen (secondary N) is 1. The molecule has 0 saturated carbocycles. The van der Waals surface area contributed by atoms with E-state index in [2.05, 4.69) is 36.0 Å². The zero-order valence-corrected chi connectivity index (χ0v) is 9.66. The van der Waals surface area contributed by atoms with Crippen molar-refractivity contribution < 1.29 is 0 Å². The van der Waals surface area contributed by atoms with Gasteiger partial charge < -0.3 is 10.2 Å². The first kappa shape index (κ1) is 10.4. The largest absolute Gasteiger partial charge is 0.313 e. The molecule has 2 unspecified atom stereocenters. The molecule has 2 aliphatic heterocycles. The number of likely N-dealkylation sites (N-methyl/N-ethyl adjacent to an activating group) is 1. The van der Waals surface area contributed by atoms with Crippen LogP contribution in [-0.4, -0.2) is 61.2 Å². The summed E-state index contributed by atoms with van der Waals surface area (Å²) in [6, 6.07) is 2.32. The normalized spacial score (nSPS) is 33.4. The summed E-state index contributed by atoms with van der Waals surface area (Å²) in [7, 11) is 2.26. The summed E-state index contributed by atoms with van der Waals surface area (Å²) in [5, 5.41) is 3.49. The molecular weight excluding hydrogens is 174 g/mol. The second kappa shape index (κ2) is 4.17. The molecule has 2 bridgehead atoms. The van der Waals surface area contributed by atoms with E-state index in [1.807, 2.05) is 0 Å². The third-order valence-electron chi connectivity index (χ3n) is 3.58. The standard InChI is InChI=1S/C11H23N3/c1-9(2)12-4-5-14-8-10-6-11(14)7-13(10)3/h9-12H,4-8H2,1-3H3. The van der Waals surface area contributed by atoms with E-state index >= 15 is 0 Å². The van der Waals surface area contributed by atoms with Crippen LogP contribution in [0.3, 0.4) is 0 Å². The fraction of sp³-hybridized carbons (Fsp3) is 1.00. The molecule has 0 amide bonds. The molecule has 0 aliphatic carbocycles. The maximum absolute atomic E-state index is 3.49. The summed E-state index contributed by atoms with van der Waals surface area (Å²) >= 11 is 0. The average molecular weight is 197 g/mol. The minimum absolute atomic E-state index is 0.623. The Labute approximate surface area is 87.4 Å². The maximum Gasteiger partial charge on any atom is 0.0239 e. The van der Waals surface area contributed by atoms with E-state index in [1.165, 1.54) is 26.1 Å². The summed E-state index contributed by atoms with van der Waals surface area (Å²) in [5.74, 6) is 0. The molecule has 1 N–H and O–H groups in total. The van der Waals surface area contributed by atoms with Crippen LogP contribution in [0.2, 0.25) is 0 Å². The van der Waals surface area contributed by atoms with Gasteiger partial charge in [0.05, 0.1) is 0 Å². The fourth-order valence-corrected chi connectivity index (χ4v) is 2.72. The SMILES string of the molecule is CC(C)NCCN1CC2CC1CN2C. The highest BCUT2D eigenvalue weighted by atomic mass is 15.3. The molecule has 3 heteroatoms. The topological polar surface area (TPSA) is 18.5 Å². The molecule has 14 heavy (non-hydrogen) atoms. The molecule has 0 aromatic carbocycles. The highest BCUT2D eigenvalue weighted by Crippen LogP contribution is 2.28. The van der Waals surface area contributed by atoms with Crippen molar-refractivity contribution in [1.82, 2.24) is 15.1 Å². The van der Waals surface area contributed by atoms with Gasteiger partial charge in [-0.25, -0.2) is 0 Å². The smallest absolute Gasteiger partial charge is 0.0239 e. The Morgan fingerprint density at radius 1 is 1.29 bits per heavy atom. The molecule has 0 spiro atoms. The number of rotatable bonds is 4. The quantitative estimate of drug-likeness (QED) is 0.702. The predicted octanol–water partition coefficient (Wildman–Crippen LogP) is 0.373. The zero-order valence-electron chi connectivity index (χ0n) is 9.66. The van der Waals surface area contributed by atoms with Crippen molar-refractivity contribution in [2.75, 3.05) is 33.2 Å². The van der Waals surface area contributed by atoms with Gasteiger partial charge in [-0.15, -0.1) is 0 Å². The Kier molecular flexibility index (Phi) is 3.10. The highest BCUT2D eigenvalue weighted by Gasteiger charge is 2.40. The summed E-state index contributed by atoms with van der Waals surface area (Å²) in [6.45, 7) is 9.37. The minimum Gasteiger partial charge on any atom is -0.313 e. The van der Waals surface area contributed by atoms with E-state index in [1.54, 1.807) is 0 Å². The highest BCUT2D eigenvalue weighted by molar-refractivity contribution is 4.98. The van der Waals surface area contributed by atoms with Crippen LogP contribution >= 0.6 is 0 Å². The number of likely N-dealkylation sites (tertiary alicyclic amines) is 2. The van der Waals surface area contributed by atoms with Crippen LogP contribution in [0.25, 0.3) is 0 Å². The molecule has 2 heterocycles. The summed E-state index contributed by atoms with van der Waals surface area (Å²) in [5.41, 5.74) is 0. The van der Waals surface area contributed by atoms with Crippen molar-refractivity contribution >= 4 is 0 Å². The van der Waals surface area contributed by atoms with Gasteiger partial charge in [0.25, 0.3) is 0 Å². The van der Waals surface area contributed by atoms with Crippen LogP contribution in [0.15, 0.2) is 0 Å². The number of nitrogens with zero attached hydrogens (tertiary/aromatic N) is 2. The van der Waals surface area contributed by atoms with Crippen molar-refractivity contribution in [2.45, 2.75) is 38.4 Å². The van der Waals surface area contributed by atoms with Crippen LogP contribution in [-0.2, 0) is 0 Å². The van der Waals surface area contributed by atoms with Gasteiger partial charge >= 0.3 is 0 Å². The lowest BCUT2D eigenvalue weighted by Gasteiger charge is -2.32. The number of piperazine rings is 1. The Bertz CT molecular complexity index is 191. The van der Waals surface area contributed by atoms with Crippen LogP contribution in [0.1, 0.15) is 20.3 Å². The van der Waals surface area contributed by atoms with Gasteiger partial charge in [-0.05, 0) is 13.5 Å². The first-order valence-electron chi connectivity index (χ1n) is 5.84. The third kappa shape index (κ3) is 2.10. The molecule has 2 aliphatic rings. The van der Waals surface area contributed by atoms with E-state index in [0.29, 0.717) is 6.04 Å². The van der Waals surface area contributed by atoms with Gasteiger partial charge in [0, 0.05) is 44.3 Å². The van der Waals surface area contributed by atoms with E-state index in [4.69, 9.17) is 0 Å². The monoisotopic (exact) mass is 197 g/mol. The third-order valence-corrected chi connectivity index (χ3v) is 3.58. The molecule has 2 saturated heterocycles. The van der Waals surface area contributed by atoms with Crippen molar-refractivity contribution in [3.8, 4) is 0 Å². The van der Waals surface area contributed by atoms with Gasteiger partial charge in [-0.3, -0.25) is 4.90 Å². The number of hydrogen-bond donors (Lipinski definition) is 1. The second-order valence-electron chi connectivity index (χ2n) is 5.09. The van der Waals surface area contributed by atoms with Crippen molar-refractivity contribution in [3.05, 3.63) is 0 Å². The number of hydrogen-bond acceptors (Lipinski definition) is 3. The predicted molar refractivity (Wildman–Crippen MR) is 59.5 cm³/mol. The lowest BCUT2D eigenvalue weighted by Crippen LogP contribution is -2.47. The van der Waals surface area contributed by atoms with E-state index in [0.717, 1.165) is 18.6 Å². The van der Waals surface area contributed by atoms with Crippen molar-refractivity contribution in [2.24, 2.45) is 0 Å². The van der Waals surface area contributed by atoms with Gasteiger partial charge in [0.15, 0.2) is 0 Å². The fourth-order valence-electron chi connectivity index (χ4n) is 2.72. The van der Waals surface area contributed by atoms with Gasteiger partial charge in [0.2, 0.25) is 0 Å².